The molecule has 2 aromatic rings. The van der Waals surface area contributed by atoms with Gasteiger partial charge in [0.15, 0.2) is 5.13 Å². The van der Waals surface area contributed by atoms with Crippen molar-refractivity contribution < 1.29 is 9.53 Å². The Bertz CT molecular complexity index is 655. The summed E-state index contributed by atoms with van der Waals surface area (Å²) >= 11 is 4.94. The molecule has 0 aliphatic carbocycles. The monoisotopic (exact) mass is 383 g/mol. The molecule has 1 aromatic carbocycles. The smallest absolute Gasteiger partial charge is 0.226 e. The molecule has 0 radical (unpaired) electrons. The summed E-state index contributed by atoms with van der Waals surface area (Å²) in [5.74, 6) is 0.0337. The van der Waals surface area contributed by atoms with Crippen molar-refractivity contribution in [2.75, 3.05) is 38.2 Å². The molecule has 1 aromatic heterocycles. The van der Waals surface area contributed by atoms with Crippen LogP contribution in [0.1, 0.15) is 12.8 Å². The fraction of sp³-hybridized carbons (Fsp3) is 0.467. The molecule has 2 heterocycles. The molecule has 3 rings (SSSR count). The van der Waals surface area contributed by atoms with Gasteiger partial charge < -0.3 is 10.1 Å². The zero-order chi connectivity index (χ0) is 15.4. The molecular weight excluding hydrogens is 366 g/mol. The van der Waals surface area contributed by atoms with Crippen LogP contribution in [0.3, 0.4) is 0 Å². The zero-order valence-electron chi connectivity index (χ0n) is 12.2. The molecule has 7 heteroatoms. The molecule has 1 fully saturated rings. The Morgan fingerprint density at radius 2 is 2.23 bits per heavy atom. The van der Waals surface area contributed by atoms with Crippen LogP contribution < -0.4 is 5.32 Å². The van der Waals surface area contributed by atoms with E-state index in [0.29, 0.717) is 11.6 Å². The predicted molar refractivity (Wildman–Crippen MR) is 92.4 cm³/mol. The van der Waals surface area contributed by atoms with Gasteiger partial charge in [0.25, 0.3) is 0 Å². The molecule has 0 atom stereocenters. The molecule has 1 aliphatic heterocycles. The van der Waals surface area contributed by atoms with E-state index in [0.717, 1.165) is 54.0 Å². The summed E-state index contributed by atoms with van der Waals surface area (Å²) in [5, 5.41) is 3.57. The lowest BCUT2D eigenvalue weighted by molar-refractivity contribution is -0.116. The van der Waals surface area contributed by atoms with Gasteiger partial charge in [-0.1, -0.05) is 27.3 Å². The quantitative estimate of drug-likeness (QED) is 0.861. The minimum atomic E-state index is 0.0337. The molecule has 1 aliphatic rings. The fourth-order valence-electron chi connectivity index (χ4n) is 2.42. The second-order valence-corrected chi connectivity index (χ2v) is 7.18. The van der Waals surface area contributed by atoms with E-state index in [4.69, 9.17) is 4.74 Å². The van der Waals surface area contributed by atoms with Gasteiger partial charge in [0.1, 0.15) is 0 Å². The van der Waals surface area contributed by atoms with Gasteiger partial charge in [0.05, 0.1) is 23.4 Å². The molecule has 0 unspecified atom stereocenters. The van der Waals surface area contributed by atoms with Crippen LogP contribution in [0.4, 0.5) is 5.13 Å². The topological polar surface area (TPSA) is 54.5 Å². The van der Waals surface area contributed by atoms with Crippen molar-refractivity contribution in [3.05, 3.63) is 22.7 Å². The molecule has 0 bridgehead atoms. The van der Waals surface area contributed by atoms with Gasteiger partial charge in [0, 0.05) is 24.0 Å². The summed E-state index contributed by atoms with van der Waals surface area (Å²) in [4.78, 5) is 18.8. The molecule has 0 spiro atoms. The first kappa shape index (κ1) is 15.9. The molecule has 1 N–H and O–H groups in total. The third-order valence-corrected chi connectivity index (χ3v) is 5.01. The van der Waals surface area contributed by atoms with E-state index in [1.807, 2.05) is 18.2 Å². The van der Waals surface area contributed by atoms with Crippen molar-refractivity contribution in [3.8, 4) is 0 Å². The molecule has 5 nitrogen and oxygen atoms in total. The summed E-state index contributed by atoms with van der Waals surface area (Å²) in [6, 6.07) is 5.92. The van der Waals surface area contributed by atoms with E-state index in [2.05, 4.69) is 31.1 Å². The number of hydrogen-bond donors (Lipinski definition) is 1. The first-order valence-electron chi connectivity index (χ1n) is 7.37. The summed E-state index contributed by atoms with van der Waals surface area (Å²) in [6.45, 7) is 4.48. The number of hydrogen-bond acceptors (Lipinski definition) is 5. The van der Waals surface area contributed by atoms with Gasteiger partial charge in [-0.2, -0.15) is 0 Å². The van der Waals surface area contributed by atoms with Gasteiger partial charge in [-0.05, 0) is 31.2 Å². The number of rotatable bonds is 5. The maximum Gasteiger partial charge on any atom is 0.226 e. The van der Waals surface area contributed by atoms with Crippen molar-refractivity contribution in [1.29, 1.82) is 0 Å². The molecule has 1 amide bonds. The fourth-order valence-corrected chi connectivity index (χ4v) is 3.86. The number of ether oxygens (including phenoxy) is 1. The first-order chi connectivity index (χ1) is 10.7. The maximum absolute atomic E-state index is 12.0. The summed E-state index contributed by atoms with van der Waals surface area (Å²) < 4.78 is 7.40. The van der Waals surface area contributed by atoms with Gasteiger partial charge in [-0.25, -0.2) is 4.98 Å². The molecule has 22 heavy (non-hydrogen) atoms. The van der Waals surface area contributed by atoms with Crippen LogP contribution in [0, 0.1) is 0 Å². The van der Waals surface area contributed by atoms with E-state index < -0.39 is 0 Å². The second-order valence-electron chi connectivity index (χ2n) is 5.24. The number of aromatic nitrogens is 1. The van der Waals surface area contributed by atoms with Crippen molar-refractivity contribution in [3.63, 3.8) is 0 Å². The summed E-state index contributed by atoms with van der Waals surface area (Å²) in [5.41, 5.74) is 0.914. The average Bonchev–Trinajstić information content (AvgIpc) is 2.89. The Labute approximate surface area is 141 Å². The van der Waals surface area contributed by atoms with Gasteiger partial charge in [-0.3, -0.25) is 9.69 Å². The minimum Gasteiger partial charge on any atom is -0.379 e. The van der Waals surface area contributed by atoms with E-state index in [1.54, 1.807) is 0 Å². The van der Waals surface area contributed by atoms with E-state index in [1.165, 1.54) is 11.3 Å². The van der Waals surface area contributed by atoms with Crippen LogP contribution in [0.15, 0.2) is 22.7 Å². The maximum atomic E-state index is 12.0. The lowest BCUT2D eigenvalue weighted by Gasteiger charge is -2.26. The van der Waals surface area contributed by atoms with Crippen molar-refractivity contribution in [1.82, 2.24) is 9.88 Å². The number of nitrogens with zero attached hydrogens (tertiary/aromatic N) is 2. The standard InChI is InChI=1S/C15H18BrN3O2S/c16-11-3-4-12-13(10-11)22-15(17-12)18-14(20)2-1-5-19-6-8-21-9-7-19/h3-4,10H,1-2,5-9H2,(H,17,18,20). The first-order valence-corrected chi connectivity index (χ1v) is 8.98. The summed E-state index contributed by atoms with van der Waals surface area (Å²) in [6.07, 6.45) is 1.39. The number of carbonyl (C=O) groups excluding carboxylic acids is 1. The molecular formula is C15H18BrN3O2S. The van der Waals surface area contributed by atoms with E-state index in [-0.39, 0.29) is 5.91 Å². The number of amides is 1. The highest BCUT2D eigenvalue weighted by Crippen LogP contribution is 2.28. The zero-order valence-corrected chi connectivity index (χ0v) is 14.6. The largest absolute Gasteiger partial charge is 0.379 e. The minimum absolute atomic E-state index is 0.0337. The number of fused-ring (bicyclic) bond motifs is 1. The molecule has 0 saturated carbocycles. The number of nitrogens with one attached hydrogen (secondary N) is 1. The van der Waals surface area contributed by atoms with Crippen LogP contribution in [0.25, 0.3) is 10.2 Å². The van der Waals surface area contributed by atoms with E-state index in [9.17, 15) is 4.79 Å². The average molecular weight is 384 g/mol. The van der Waals surface area contributed by atoms with Crippen LogP contribution >= 0.6 is 27.3 Å². The Hall–Kier alpha value is -1.02. The molecule has 1 saturated heterocycles. The highest BCUT2D eigenvalue weighted by molar-refractivity contribution is 9.10. The third kappa shape index (κ3) is 4.25. The Morgan fingerprint density at radius 1 is 1.41 bits per heavy atom. The van der Waals surface area contributed by atoms with Crippen LogP contribution in [-0.2, 0) is 9.53 Å². The lowest BCUT2D eigenvalue weighted by Crippen LogP contribution is -2.37. The number of thiazole rings is 1. The van der Waals surface area contributed by atoms with E-state index >= 15 is 0 Å². The van der Waals surface area contributed by atoms with Crippen LogP contribution in [0.5, 0.6) is 0 Å². The highest BCUT2D eigenvalue weighted by Gasteiger charge is 2.12. The second kappa shape index (κ2) is 7.50. The Kier molecular flexibility index (Phi) is 5.41. The Balaban J connectivity index is 1.47. The van der Waals surface area contributed by atoms with Crippen molar-refractivity contribution in [2.24, 2.45) is 0 Å². The number of carbonyl (C=O) groups is 1. The van der Waals surface area contributed by atoms with Gasteiger partial charge >= 0.3 is 0 Å². The van der Waals surface area contributed by atoms with Gasteiger partial charge in [0.2, 0.25) is 5.91 Å². The molecule has 118 valence electrons. The Morgan fingerprint density at radius 3 is 3.05 bits per heavy atom. The SMILES string of the molecule is O=C(CCCN1CCOCC1)Nc1nc2ccc(Br)cc2s1. The predicted octanol–water partition coefficient (Wildman–Crippen LogP) is 3.11. The number of halogens is 1. The highest BCUT2D eigenvalue weighted by atomic mass is 79.9. The van der Waals surface area contributed by atoms with Crippen molar-refractivity contribution in [2.45, 2.75) is 12.8 Å². The number of benzene rings is 1. The normalized spacial score (nSPS) is 16.0. The number of anilines is 1. The number of morpholine rings is 1. The third-order valence-electron chi connectivity index (χ3n) is 3.58. The van der Waals surface area contributed by atoms with Crippen LogP contribution in [0.2, 0.25) is 0 Å². The summed E-state index contributed by atoms with van der Waals surface area (Å²) in [7, 11) is 0. The van der Waals surface area contributed by atoms with Crippen LogP contribution in [-0.4, -0.2) is 48.6 Å². The van der Waals surface area contributed by atoms with Crippen molar-refractivity contribution >= 4 is 48.5 Å². The lowest BCUT2D eigenvalue weighted by atomic mass is 10.2. The van der Waals surface area contributed by atoms with Gasteiger partial charge in [-0.15, -0.1) is 0 Å².